The van der Waals surface area contributed by atoms with Crippen LogP contribution in [0.3, 0.4) is 0 Å². The Hall–Kier alpha value is -0.830. The molecule has 4 heteroatoms. The van der Waals surface area contributed by atoms with Gasteiger partial charge < -0.3 is 5.32 Å². The average molecular weight is 240 g/mol. The Balaban J connectivity index is 2.07. The van der Waals surface area contributed by atoms with Gasteiger partial charge in [0, 0.05) is 17.4 Å². The van der Waals surface area contributed by atoms with E-state index in [2.05, 4.69) is 15.3 Å². The summed E-state index contributed by atoms with van der Waals surface area (Å²) >= 11 is 6.29. The summed E-state index contributed by atoms with van der Waals surface area (Å²) in [7, 11) is 0. The number of alkyl halides is 1. The van der Waals surface area contributed by atoms with Crippen molar-refractivity contribution in [2.75, 3.05) is 5.32 Å². The van der Waals surface area contributed by atoms with E-state index in [1.807, 2.05) is 19.9 Å². The van der Waals surface area contributed by atoms with E-state index in [0.717, 1.165) is 30.2 Å². The van der Waals surface area contributed by atoms with Gasteiger partial charge in [0.2, 0.25) is 5.95 Å². The number of hydrogen-bond acceptors (Lipinski definition) is 3. The predicted molar refractivity (Wildman–Crippen MR) is 67.0 cm³/mol. The summed E-state index contributed by atoms with van der Waals surface area (Å²) in [5.74, 6) is 0.718. The highest BCUT2D eigenvalue weighted by atomic mass is 35.5. The van der Waals surface area contributed by atoms with Gasteiger partial charge in [-0.3, -0.25) is 0 Å². The molecule has 0 aromatic carbocycles. The van der Waals surface area contributed by atoms with Crippen LogP contribution in [0.15, 0.2) is 6.07 Å². The van der Waals surface area contributed by atoms with Crippen LogP contribution in [0.1, 0.15) is 37.1 Å². The smallest absolute Gasteiger partial charge is 0.223 e. The van der Waals surface area contributed by atoms with E-state index in [1.165, 1.54) is 12.8 Å². The maximum absolute atomic E-state index is 6.29. The average Bonchev–Trinajstić information content (AvgIpc) is 2.20. The minimum absolute atomic E-state index is 0.207. The van der Waals surface area contributed by atoms with Gasteiger partial charge in [0.05, 0.1) is 5.38 Å². The van der Waals surface area contributed by atoms with Crippen LogP contribution in [0.5, 0.6) is 0 Å². The van der Waals surface area contributed by atoms with Crippen LogP contribution in [-0.4, -0.2) is 21.4 Å². The molecule has 1 aromatic rings. The number of aryl methyl sites for hydroxylation is 2. The van der Waals surface area contributed by atoms with Crippen molar-refractivity contribution in [3.05, 3.63) is 17.5 Å². The van der Waals surface area contributed by atoms with Gasteiger partial charge in [-0.15, -0.1) is 11.6 Å². The lowest BCUT2D eigenvalue weighted by Gasteiger charge is -2.27. The SMILES string of the molecule is Cc1cc(C)nc(NC2CCCCC2Cl)n1. The van der Waals surface area contributed by atoms with Gasteiger partial charge in [0.15, 0.2) is 0 Å². The molecule has 0 bridgehead atoms. The van der Waals surface area contributed by atoms with E-state index in [1.54, 1.807) is 0 Å². The Morgan fingerprint density at radius 3 is 2.44 bits per heavy atom. The largest absolute Gasteiger partial charge is 0.350 e. The first-order valence-electron chi connectivity index (χ1n) is 5.88. The number of aromatic nitrogens is 2. The molecule has 0 radical (unpaired) electrons. The van der Waals surface area contributed by atoms with Crippen molar-refractivity contribution in [1.82, 2.24) is 9.97 Å². The van der Waals surface area contributed by atoms with Crippen molar-refractivity contribution in [3.8, 4) is 0 Å². The molecule has 1 heterocycles. The van der Waals surface area contributed by atoms with E-state index in [4.69, 9.17) is 11.6 Å². The molecule has 2 unspecified atom stereocenters. The molecule has 1 aliphatic rings. The van der Waals surface area contributed by atoms with Crippen molar-refractivity contribution in [2.24, 2.45) is 0 Å². The fraction of sp³-hybridized carbons (Fsp3) is 0.667. The maximum atomic E-state index is 6.29. The molecule has 16 heavy (non-hydrogen) atoms. The Kier molecular flexibility index (Phi) is 3.64. The van der Waals surface area contributed by atoms with Gasteiger partial charge in [-0.25, -0.2) is 9.97 Å². The summed E-state index contributed by atoms with van der Waals surface area (Å²) < 4.78 is 0. The molecule has 0 aliphatic heterocycles. The zero-order valence-electron chi connectivity index (χ0n) is 9.83. The van der Waals surface area contributed by atoms with E-state index in [-0.39, 0.29) is 5.38 Å². The summed E-state index contributed by atoms with van der Waals surface area (Å²) in [4.78, 5) is 8.76. The molecule has 88 valence electrons. The van der Waals surface area contributed by atoms with Crippen LogP contribution in [0.4, 0.5) is 5.95 Å². The van der Waals surface area contributed by atoms with Gasteiger partial charge in [0.25, 0.3) is 0 Å². The van der Waals surface area contributed by atoms with Crippen molar-refractivity contribution >= 4 is 17.5 Å². The molecule has 0 spiro atoms. The summed E-state index contributed by atoms with van der Waals surface area (Å²) in [6.45, 7) is 3.97. The minimum atomic E-state index is 0.207. The molecule has 1 N–H and O–H groups in total. The summed E-state index contributed by atoms with van der Waals surface area (Å²) in [5, 5.41) is 3.56. The second kappa shape index (κ2) is 5.00. The van der Waals surface area contributed by atoms with Crippen LogP contribution in [0.2, 0.25) is 0 Å². The molecule has 1 aromatic heterocycles. The number of nitrogens with one attached hydrogen (secondary N) is 1. The Labute approximate surface area is 102 Å². The Morgan fingerprint density at radius 1 is 1.19 bits per heavy atom. The first-order chi connectivity index (χ1) is 7.65. The normalized spacial score (nSPS) is 25.4. The number of anilines is 1. The molecular formula is C12H18ClN3. The van der Waals surface area contributed by atoms with Crippen molar-refractivity contribution in [3.63, 3.8) is 0 Å². The van der Waals surface area contributed by atoms with Crippen LogP contribution >= 0.6 is 11.6 Å². The van der Waals surface area contributed by atoms with Crippen LogP contribution in [-0.2, 0) is 0 Å². The fourth-order valence-electron chi connectivity index (χ4n) is 2.20. The van der Waals surface area contributed by atoms with E-state index in [9.17, 15) is 0 Å². The number of rotatable bonds is 2. The van der Waals surface area contributed by atoms with Gasteiger partial charge in [-0.1, -0.05) is 12.8 Å². The Bertz CT molecular complexity index is 347. The lowest BCUT2D eigenvalue weighted by atomic mass is 9.95. The lowest BCUT2D eigenvalue weighted by molar-refractivity contribution is 0.467. The van der Waals surface area contributed by atoms with Gasteiger partial charge >= 0.3 is 0 Å². The molecule has 1 aliphatic carbocycles. The van der Waals surface area contributed by atoms with Gasteiger partial charge in [-0.2, -0.15) is 0 Å². The quantitative estimate of drug-likeness (QED) is 0.807. The lowest BCUT2D eigenvalue weighted by Crippen LogP contribution is -2.33. The number of nitrogens with zero attached hydrogens (tertiary/aromatic N) is 2. The second-order valence-corrected chi connectivity index (χ2v) is 5.09. The topological polar surface area (TPSA) is 37.8 Å². The highest BCUT2D eigenvalue weighted by Gasteiger charge is 2.23. The molecule has 2 rings (SSSR count). The van der Waals surface area contributed by atoms with E-state index >= 15 is 0 Å². The number of halogens is 1. The third-order valence-corrected chi connectivity index (χ3v) is 3.50. The molecule has 0 amide bonds. The molecule has 1 saturated carbocycles. The van der Waals surface area contributed by atoms with E-state index < -0.39 is 0 Å². The molecule has 3 nitrogen and oxygen atoms in total. The fourth-order valence-corrected chi connectivity index (χ4v) is 2.55. The first kappa shape index (κ1) is 11.6. The monoisotopic (exact) mass is 239 g/mol. The third-order valence-electron chi connectivity index (χ3n) is 2.98. The summed E-state index contributed by atoms with van der Waals surface area (Å²) in [6.07, 6.45) is 4.68. The predicted octanol–water partition coefficient (Wildman–Crippen LogP) is 3.06. The molecule has 0 saturated heterocycles. The zero-order valence-corrected chi connectivity index (χ0v) is 10.6. The molecule has 2 atom stereocenters. The van der Waals surface area contributed by atoms with Crippen LogP contribution < -0.4 is 5.32 Å². The highest BCUT2D eigenvalue weighted by molar-refractivity contribution is 6.21. The summed E-state index contributed by atoms with van der Waals surface area (Å²) in [5.41, 5.74) is 1.99. The van der Waals surface area contributed by atoms with Crippen molar-refractivity contribution in [2.45, 2.75) is 50.9 Å². The Morgan fingerprint density at radius 2 is 1.81 bits per heavy atom. The van der Waals surface area contributed by atoms with Crippen LogP contribution in [0, 0.1) is 13.8 Å². The first-order valence-corrected chi connectivity index (χ1v) is 6.31. The third kappa shape index (κ3) is 2.85. The highest BCUT2D eigenvalue weighted by Crippen LogP contribution is 2.25. The van der Waals surface area contributed by atoms with Crippen molar-refractivity contribution < 1.29 is 0 Å². The second-order valence-electron chi connectivity index (χ2n) is 4.53. The minimum Gasteiger partial charge on any atom is -0.350 e. The summed E-state index contributed by atoms with van der Waals surface area (Å²) in [6, 6.07) is 2.29. The van der Waals surface area contributed by atoms with Crippen LogP contribution in [0.25, 0.3) is 0 Å². The van der Waals surface area contributed by atoms with Crippen molar-refractivity contribution in [1.29, 1.82) is 0 Å². The van der Waals surface area contributed by atoms with E-state index in [0.29, 0.717) is 6.04 Å². The molecular weight excluding hydrogens is 222 g/mol. The zero-order chi connectivity index (χ0) is 11.5. The standard InChI is InChI=1S/C12H18ClN3/c1-8-7-9(2)15-12(14-8)16-11-6-4-3-5-10(11)13/h7,10-11H,3-6H2,1-2H3,(H,14,15,16). The van der Waals surface area contributed by atoms with Gasteiger partial charge in [-0.05, 0) is 32.8 Å². The molecule has 1 fully saturated rings. The number of hydrogen-bond donors (Lipinski definition) is 1. The maximum Gasteiger partial charge on any atom is 0.223 e. The van der Waals surface area contributed by atoms with Gasteiger partial charge in [0.1, 0.15) is 0 Å².